The lowest BCUT2D eigenvalue weighted by molar-refractivity contribution is 0.389. The molecule has 122 valence electrons. The Morgan fingerprint density at radius 2 is 1.14 bits per heavy atom. The number of hydrogen-bond donors (Lipinski definition) is 0. The van der Waals surface area contributed by atoms with Gasteiger partial charge in [-0.3, -0.25) is 0 Å². The van der Waals surface area contributed by atoms with Gasteiger partial charge >= 0.3 is 0 Å². The zero-order chi connectivity index (χ0) is 14.5. The largest absolute Gasteiger partial charge is 0.309 e. The first-order valence-corrected chi connectivity index (χ1v) is 8.47. The number of unbranched alkanes of at least 4 members (excludes halogenated alkanes) is 8. The van der Waals surface area contributed by atoms with Gasteiger partial charge in [0.05, 0.1) is 0 Å². The van der Waals surface area contributed by atoms with Crippen LogP contribution in [-0.4, -0.2) is 25.5 Å². The van der Waals surface area contributed by atoms with E-state index in [2.05, 4.69) is 49.3 Å². The Hall–Kier alpha value is -0.340. The fraction of sp³-hybridized carbons (Fsp3) is 0.684. The molecule has 0 atom stereocenters. The molecular formula is C19H34BrN. The third-order valence-corrected chi connectivity index (χ3v) is 3.91. The highest BCUT2D eigenvalue weighted by Gasteiger charge is 1.95. The third-order valence-electron chi connectivity index (χ3n) is 3.91. The summed E-state index contributed by atoms with van der Waals surface area (Å²) in [6.45, 7) is 1.25. The molecule has 0 saturated carbocycles. The Morgan fingerprint density at radius 3 is 1.67 bits per heavy atom. The summed E-state index contributed by atoms with van der Waals surface area (Å²) in [5.41, 5.74) is 1.49. The van der Waals surface area contributed by atoms with Gasteiger partial charge in [-0.1, -0.05) is 75.3 Å². The third kappa shape index (κ3) is 13.1. The van der Waals surface area contributed by atoms with E-state index < -0.39 is 0 Å². The fourth-order valence-electron chi connectivity index (χ4n) is 2.64. The molecule has 0 saturated heterocycles. The topological polar surface area (TPSA) is 3.24 Å². The maximum atomic E-state index is 2.28. The van der Waals surface area contributed by atoms with Crippen LogP contribution in [-0.2, 0) is 6.42 Å². The van der Waals surface area contributed by atoms with E-state index in [0.717, 1.165) is 0 Å². The highest BCUT2D eigenvalue weighted by atomic mass is 79.9. The number of aryl methyl sites for hydroxylation is 1. The Morgan fingerprint density at radius 1 is 0.667 bits per heavy atom. The summed E-state index contributed by atoms with van der Waals surface area (Å²) < 4.78 is 0. The van der Waals surface area contributed by atoms with Crippen molar-refractivity contribution in [3.63, 3.8) is 0 Å². The molecule has 1 nitrogen and oxygen atoms in total. The summed E-state index contributed by atoms with van der Waals surface area (Å²) in [5, 5.41) is 0. The normalized spacial score (nSPS) is 10.6. The van der Waals surface area contributed by atoms with Gasteiger partial charge in [-0.25, -0.2) is 0 Å². The average Bonchev–Trinajstić information content (AvgIpc) is 2.45. The van der Waals surface area contributed by atoms with Crippen molar-refractivity contribution < 1.29 is 0 Å². The summed E-state index contributed by atoms with van der Waals surface area (Å²) in [6.07, 6.45) is 13.9. The van der Waals surface area contributed by atoms with Crippen molar-refractivity contribution in [2.45, 2.75) is 64.2 Å². The molecule has 2 heteroatoms. The molecule has 0 N–H and O–H groups in total. The first-order valence-electron chi connectivity index (χ1n) is 8.47. The highest BCUT2D eigenvalue weighted by molar-refractivity contribution is 8.93. The molecule has 0 aromatic heterocycles. The van der Waals surface area contributed by atoms with E-state index in [1.165, 1.54) is 76.3 Å². The van der Waals surface area contributed by atoms with Gasteiger partial charge in [0.25, 0.3) is 0 Å². The minimum atomic E-state index is 0. The molecule has 0 fully saturated rings. The van der Waals surface area contributed by atoms with Gasteiger partial charge in [0.15, 0.2) is 0 Å². The standard InChI is InChI=1S/C19H33N.BrH/c1-20(2)18-14-9-7-5-3-4-6-8-11-15-19-16-12-10-13-17-19;/h10,12-13,16-17H,3-9,11,14-15,18H2,1-2H3;1H. The molecule has 0 radical (unpaired) electrons. The van der Waals surface area contributed by atoms with Crippen LogP contribution in [0.5, 0.6) is 0 Å². The molecule has 0 amide bonds. The van der Waals surface area contributed by atoms with E-state index in [9.17, 15) is 0 Å². The van der Waals surface area contributed by atoms with E-state index in [1.807, 2.05) is 0 Å². The zero-order valence-corrected chi connectivity index (χ0v) is 15.7. The predicted molar refractivity (Wildman–Crippen MR) is 101 cm³/mol. The Bertz CT molecular complexity index is 311. The monoisotopic (exact) mass is 355 g/mol. The van der Waals surface area contributed by atoms with Crippen LogP contribution in [0.25, 0.3) is 0 Å². The lowest BCUT2D eigenvalue weighted by Gasteiger charge is -2.08. The number of halogens is 1. The first-order chi connectivity index (χ1) is 9.79. The summed E-state index contributed by atoms with van der Waals surface area (Å²) in [7, 11) is 4.32. The van der Waals surface area contributed by atoms with E-state index in [-0.39, 0.29) is 17.0 Å². The lowest BCUT2D eigenvalue weighted by atomic mass is 10.0. The molecular weight excluding hydrogens is 322 g/mol. The lowest BCUT2D eigenvalue weighted by Crippen LogP contribution is -2.12. The summed E-state index contributed by atoms with van der Waals surface area (Å²) in [5.74, 6) is 0. The molecule has 0 unspecified atom stereocenters. The zero-order valence-electron chi connectivity index (χ0n) is 14.0. The van der Waals surface area contributed by atoms with Crippen LogP contribution >= 0.6 is 17.0 Å². The van der Waals surface area contributed by atoms with Crippen LogP contribution in [0.4, 0.5) is 0 Å². The van der Waals surface area contributed by atoms with E-state index in [0.29, 0.717) is 0 Å². The average molecular weight is 356 g/mol. The highest BCUT2D eigenvalue weighted by Crippen LogP contribution is 2.11. The smallest absolute Gasteiger partial charge is 0.00248 e. The predicted octanol–water partition coefficient (Wildman–Crippen LogP) is 5.88. The van der Waals surface area contributed by atoms with Crippen LogP contribution in [0.2, 0.25) is 0 Å². The van der Waals surface area contributed by atoms with Crippen molar-refractivity contribution in [3.05, 3.63) is 35.9 Å². The van der Waals surface area contributed by atoms with Gasteiger partial charge in [-0.05, 0) is 45.5 Å². The minimum Gasteiger partial charge on any atom is -0.309 e. The summed E-state index contributed by atoms with van der Waals surface area (Å²) >= 11 is 0. The number of nitrogens with zero attached hydrogens (tertiary/aromatic N) is 1. The van der Waals surface area contributed by atoms with Gasteiger partial charge in [0.2, 0.25) is 0 Å². The van der Waals surface area contributed by atoms with Gasteiger partial charge in [0.1, 0.15) is 0 Å². The van der Waals surface area contributed by atoms with Crippen molar-refractivity contribution in [3.8, 4) is 0 Å². The van der Waals surface area contributed by atoms with Gasteiger partial charge in [-0.15, -0.1) is 17.0 Å². The molecule has 0 heterocycles. The van der Waals surface area contributed by atoms with Gasteiger partial charge in [-0.2, -0.15) is 0 Å². The fourth-order valence-corrected chi connectivity index (χ4v) is 2.64. The van der Waals surface area contributed by atoms with Crippen molar-refractivity contribution in [2.24, 2.45) is 0 Å². The maximum absolute atomic E-state index is 2.28. The maximum Gasteiger partial charge on any atom is -0.00248 e. The SMILES string of the molecule is Br.CN(C)CCCCCCCCCCCc1ccccc1. The Kier molecular flexibility index (Phi) is 14.4. The number of hydrogen-bond acceptors (Lipinski definition) is 1. The molecule has 1 rings (SSSR count). The molecule has 0 aliphatic carbocycles. The van der Waals surface area contributed by atoms with Crippen LogP contribution in [0, 0.1) is 0 Å². The van der Waals surface area contributed by atoms with Crippen LogP contribution in [0.15, 0.2) is 30.3 Å². The second-order valence-electron chi connectivity index (χ2n) is 6.22. The molecule has 21 heavy (non-hydrogen) atoms. The molecule has 0 aliphatic heterocycles. The van der Waals surface area contributed by atoms with Crippen LogP contribution < -0.4 is 0 Å². The van der Waals surface area contributed by atoms with E-state index in [4.69, 9.17) is 0 Å². The molecule has 0 aliphatic rings. The molecule has 0 spiro atoms. The minimum absolute atomic E-state index is 0. The van der Waals surface area contributed by atoms with Crippen molar-refractivity contribution in [2.75, 3.05) is 20.6 Å². The van der Waals surface area contributed by atoms with Crippen LogP contribution in [0.3, 0.4) is 0 Å². The second kappa shape index (κ2) is 14.6. The first kappa shape index (κ1) is 20.7. The summed E-state index contributed by atoms with van der Waals surface area (Å²) in [6, 6.07) is 10.9. The van der Waals surface area contributed by atoms with Crippen molar-refractivity contribution in [1.29, 1.82) is 0 Å². The van der Waals surface area contributed by atoms with Crippen molar-refractivity contribution >= 4 is 17.0 Å². The van der Waals surface area contributed by atoms with Crippen LogP contribution in [0.1, 0.15) is 63.4 Å². The van der Waals surface area contributed by atoms with Gasteiger partial charge < -0.3 is 4.90 Å². The Balaban J connectivity index is 0.00000400. The second-order valence-corrected chi connectivity index (χ2v) is 6.22. The number of benzene rings is 1. The summed E-state index contributed by atoms with van der Waals surface area (Å²) in [4.78, 5) is 2.28. The van der Waals surface area contributed by atoms with E-state index >= 15 is 0 Å². The van der Waals surface area contributed by atoms with E-state index in [1.54, 1.807) is 0 Å². The van der Waals surface area contributed by atoms with Crippen molar-refractivity contribution in [1.82, 2.24) is 4.90 Å². The quantitative estimate of drug-likeness (QED) is 0.423. The molecule has 1 aromatic rings. The molecule has 0 bridgehead atoms. The number of rotatable bonds is 12. The molecule has 1 aromatic carbocycles. The Labute approximate surface area is 142 Å². The van der Waals surface area contributed by atoms with Gasteiger partial charge in [0, 0.05) is 0 Å².